The lowest BCUT2D eigenvalue weighted by molar-refractivity contribution is -0.144. The molecule has 0 unspecified atom stereocenters. The van der Waals surface area contributed by atoms with Crippen LogP contribution in [-0.2, 0) is 9.53 Å². The van der Waals surface area contributed by atoms with Gasteiger partial charge in [-0.1, -0.05) is 0 Å². The van der Waals surface area contributed by atoms with Gasteiger partial charge in [-0.2, -0.15) is 0 Å². The fourth-order valence-electron chi connectivity index (χ4n) is 2.69. The van der Waals surface area contributed by atoms with E-state index >= 15 is 0 Å². The summed E-state index contributed by atoms with van der Waals surface area (Å²) < 4.78 is 10.9. The molecule has 0 bridgehead atoms. The maximum absolute atomic E-state index is 12.8. The lowest BCUT2D eigenvalue weighted by Gasteiger charge is -2.22. The van der Waals surface area contributed by atoms with Crippen LogP contribution in [0.25, 0.3) is 0 Å². The standard InChI is InChI=1S/C17H23BrN2O4/c1-3-24-16(21)12-19-7-4-8-20(10-9-19)17(22)14-11-13(23-2)5-6-15(14)18/h5-6,11H,3-4,7-10,12H2,1-2H3. The van der Waals surface area contributed by atoms with Gasteiger partial charge in [0.05, 0.1) is 25.8 Å². The molecule has 1 aromatic carbocycles. The second-order valence-corrected chi connectivity index (χ2v) is 6.43. The minimum atomic E-state index is -0.215. The van der Waals surface area contributed by atoms with Crippen molar-refractivity contribution in [2.24, 2.45) is 0 Å². The predicted molar refractivity (Wildman–Crippen MR) is 94.3 cm³/mol. The quantitative estimate of drug-likeness (QED) is 0.711. The molecule has 1 saturated heterocycles. The van der Waals surface area contributed by atoms with Gasteiger partial charge in [-0.25, -0.2) is 0 Å². The van der Waals surface area contributed by atoms with Gasteiger partial charge < -0.3 is 14.4 Å². The van der Waals surface area contributed by atoms with E-state index in [1.54, 1.807) is 20.1 Å². The van der Waals surface area contributed by atoms with Crippen LogP contribution in [0, 0.1) is 0 Å². The summed E-state index contributed by atoms with van der Waals surface area (Å²) >= 11 is 3.43. The molecule has 0 saturated carbocycles. The highest BCUT2D eigenvalue weighted by atomic mass is 79.9. The molecule has 0 spiro atoms. The van der Waals surface area contributed by atoms with E-state index in [2.05, 4.69) is 15.9 Å². The molecule has 0 radical (unpaired) electrons. The zero-order chi connectivity index (χ0) is 17.5. The molecule has 2 rings (SSSR count). The first-order chi connectivity index (χ1) is 11.5. The van der Waals surface area contributed by atoms with Crippen LogP contribution in [0.5, 0.6) is 5.75 Å². The van der Waals surface area contributed by atoms with Crippen LogP contribution in [0.2, 0.25) is 0 Å². The van der Waals surface area contributed by atoms with Crippen LogP contribution < -0.4 is 4.74 Å². The number of carbonyl (C=O) groups excluding carboxylic acids is 2. The highest BCUT2D eigenvalue weighted by Crippen LogP contribution is 2.24. The minimum Gasteiger partial charge on any atom is -0.497 e. The highest BCUT2D eigenvalue weighted by molar-refractivity contribution is 9.10. The van der Waals surface area contributed by atoms with Gasteiger partial charge in [-0.3, -0.25) is 14.5 Å². The third kappa shape index (κ3) is 4.95. The minimum absolute atomic E-state index is 0.0289. The lowest BCUT2D eigenvalue weighted by atomic mass is 10.2. The molecule has 1 aliphatic heterocycles. The van der Waals surface area contributed by atoms with Crippen molar-refractivity contribution in [1.29, 1.82) is 0 Å². The van der Waals surface area contributed by atoms with Gasteiger partial charge in [0.2, 0.25) is 0 Å². The number of ether oxygens (including phenoxy) is 2. The molecule has 0 N–H and O–H groups in total. The van der Waals surface area contributed by atoms with Gasteiger partial charge in [0.15, 0.2) is 0 Å². The Kier molecular flexibility index (Phi) is 7.05. The van der Waals surface area contributed by atoms with Crippen LogP contribution in [-0.4, -0.2) is 68.1 Å². The number of methoxy groups -OCH3 is 1. The summed E-state index contributed by atoms with van der Waals surface area (Å²) in [7, 11) is 1.58. The lowest BCUT2D eigenvalue weighted by Crippen LogP contribution is -2.37. The first-order valence-electron chi connectivity index (χ1n) is 8.06. The van der Waals surface area contributed by atoms with Crippen molar-refractivity contribution < 1.29 is 19.1 Å². The van der Waals surface area contributed by atoms with Crippen LogP contribution in [0.15, 0.2) is 22.7 Å². The molecule has 0 atom stereocenters. The Balaban J connectivity index is 2.00. The zero-order valence-electron chi connectivity index (χ0n) is 14.1. The number of rotatable bonds is 5. The fraction of sp³-hybridized carbons (Fsp3) is 0.529. The first kappa shape index (κ1) is 18.7. The molecule has 0 aliphatic carbocycles. The highest BCUT2D eigenvalue weighted by Gasteiger charge is 2.23. The van der Waals surface area contributed by atoms with E-state index in [1.807, 2.05) is 21.9 Å². The molecule has 1 fully saturated rings. The van der Waals surface area contributed by atoms with Crippen molar-refractivity contribution in [2.45, 2.75) is 13.3 Å². The van der Waals surface area contributed by atoms with Crippen molar-refractivity contribution in [3.8, 4) is 5.75 Å². The molecule has 1 aliphatic rings. The fourth-order valence-corrected chi connectivity index (χ4v) is 3.10. The van der Waals surface area contributed by atoms with Crippen LogP contribution in [0.1, 0.15) is 23.7 Å². The number of hydrogen-bond donors (Lipinski definition) is 0. The largest absolute Gasteiger partial charge is 0.497 e. The molecular weight excluding hydrogens is 376 g/mol. The second-order valence-electron chi connectivity index (χ2n) is 5.57. The molecule has 7 heteroatoms. The van der Waals surface area contributed by atoms with Crippen LogP contribution in [0.3, 0.4) is 0 Å². The Morgan fingerprint density at radius 2 is 2.00 bits per heavy atom. The van der Waals surface area contributed by atoms with Gasteiger partial charge >= 0.3 is 5.97 Å². The monoisotopic (exact) mass is 398 g/mol. The first-order valence-corrected chi connectivity index (χ1v) is 8.85. The van der Waals surface area contributed by atoms with E-state index in [4.69, 9.17) is 9.47 Å². The van der Waals surface area contributed by atoms with Gasteiger partial charge in [-0.15, -0.1) is 0 Å². The summed E-state index contributed by atoms with van der Waals surface area (Å²) in [6, 6.07) is 5.37. The third-order valence-electron chi connectivity index (χ3n) is 3.94. The normalized spacial score (nSPS) is 15.7. The molecule has 0 aromatic heterocycles. The summed E-state index contributed by atoms with van der Waals surface area (Å²) in [5, 5.41) is 0. The van der Waals surface area contributed by atoms with Gasteiger partial charge in [-0.05, 0) is 47.5 Å². The Hall–Kier alpha value is -1.60. The SMILES string of the molecule is CCOC(=O)CN1CCCN(C(=O)c2cc(OC)ccc2Br)CC1. The number of amides is 1. The molecule has 1 amide bonds. The van der Waals surface area contributed by atoms with Crippen molar-refractivity contribution in [3.63, 3.8) is 0 Å². The van der Waals surface area contributed by atoms with Gasteiger partial charge in [0, 0.05) is 30.7 Å². The predicted octanol–water partition coefficient (Wildman–Crippen LogP) is 2.17. The van der Waals surface area contributed by atoms with E-state index in [-0.39, 0.29) is 18.4 Å². The van der Waals surface area contributed by atoms with Crippen LogP contribution in [0.4, 0.5) is 0 Å². The van der Waals surface area contributed by atoms with E-state index in [9.17, 15) is 9.59 Å². The van der Waals surface area contributed by atoms with Gasteiger partial charge in [0.25, 0.3) is 5.91 Å². The summed E-state index contributed by atoms with van der Waals surface area (Å²) in [6.07, 6.45) is 0.826. The van der Waals surface area contributed by atoms with Crippen molar-refractivity contribution in [1.82, 2.24) is 9.80 Å². The molecule has 1 aromatic rings. The number of nitrogens with zero attached hydrogens (tertiary/aromatic N) is 2. The maximum Gasteiger partial charge on any atom is 0.320 e. The van der Waals surface area contributed by atoms with Crippen molar-refractivity contribution >= 4 is 27.8 Å². The summed E-state index contributed by atoms with van der Waals surface area (Å²) in [4.78, 5) is 28.3. The Morgan fingerprint density at radius 3 is 2.71 bits per heavy atom. The average Bonchev–Trinajstić information content (AvgIpc) is 2.80. The van der Waals surface area contributed by atoms with Gasteiger partial charge in [0.1, 0.15) is 5.75 Å². The molecule has 132 valence electrons. The van der Waals surface area contributed by atoms with Crippen molar-refractivity contribution in [3.05, 3.63) is 28.2 Å². The Morgan fingerprint density at radius 1 is 1.21 bits per heavy atom. The summed E-state index contributed by atoms with van der Waals surface area (Å²) in [6.45, 7) is 5.16. The Labute approximate surface area is 150 Å². The van der Waals surface area contributed by atoms with E-state index < -0.39 is 0 Å². The van der Waals surface area contributed by atoms with Crippen molar-refractivity contribution in [2.75, 3.05) is 46.4 Å². The number of esters is 1. The molecular formula is C17H23BrN2O4. The van der Waals surface area contributed by atoms with E-state index in [0.29, 0.717) is 37.6 Å². The number of hydrogen-bond acceptors (Lipinski definition) is 5. The summed E-state index contributed by atoms with van der Waals surface area (Å²) in [5.41, 5.74) is 0.591. The Bertz CT molecular complexity index is 594. The topological polar surface area (TPSA) is 59.1 Å². The summed E-state index contributed by atoms with van der Waals surface area (Å²) in [5.74, 6) is 0.409. The third-order valence-corrected chi connectivity index (χ3v) is 4.63. The average molecular weight is 399 g/mol. The van der Waals surface area contributed by atoms with Crippen LogP contribution >= 0.6 is 15.9 Å². The smallest absolute Gasteiger partial charge is 0.320 e. The molecule has 6 nitrogen and oxygen atoms in total. The number of benzene rings is 1. The molecule has 24 heavy (non-hydrogen) atoms. The zero-order valence-corrected chi connectivity index (χ0v) is 15.7. The maximum atomic E-state index is 12.8. The number of halogens is 1. The number of carbonyl (C=O) groups is 2. The molecule has 1 heterocycles. The second kappa shape index (κ2) is 9.03. The van der Waals surface area contributed by atoms with E-state index in [1.165, 1.54) is 0 Å². The van der Waals surface area contributed by atoms with E-state index in [0.717, 1.165) is 17.4 Å².